The number of aryl methyl sites for hydroxylation is 1. The number of hydrogen-bond acceptors (Lipinski definition) is 19. The molecule has 24 nitrogen and oxygen atoms in total. The maximum Gasteiger partial charge on any atom is 0.512 e. The first-order valence-electron chi connectivity index (χ1n) is 16.0. The summed E-state index contributed by atoms with van der Waals surface area (Å²) >= 11 is 3.36. The standard InChI is InChI=1S/C30H29N13O11S3/c1-10-4-16(43-28(34-10)37-20(40-43)19(31)46)55-7-11-8-56-25-18(23(49)42(25)24(11)53-29(51)52)36-22(48)17(13-9-57-27(32)35-13)41-54-30(2,3)26(50)39-38-21(47)12-5-14(44)15(45)6-33-12/h4-6,9,18,25,45H,7-8H2,1-3H3,(H2,31,46)(H2,32,35)(H,33,44)(H,36,48)(H,38,47)(H,39,50)(H,51,52)/b41-17-/t18-,25-/m1/s1. The highest BCUT2D eigenvalue weighted by Crippen LogP contribution is 2.42. The largest absolute Gasteiger partial charge is 0.512 e. The molecule has 4 aromatic rings. The van der Waals surface area contributed by atoms with Gasteiger partial charge in [0.15, 0.2) is 16.6 Å². The number of thioether (sulfide) groups is 2. The van der Waals surface area contributed by atoms with E-state index in [-0.39, 0.29) is 45.5 Å². The molecule has 2 aliphatic rings. The van der Waals surface area contributed by atoms with Crippen LogP contribution in [0.2, 0.25) is 0 Å². The molecule has 2 aliphatic heterocycles. The molecular formula is C30H29N13O11S3. The maximum atomic E-state index is 13.7. The van der Waals surface area contributed by atoms with Crippen molar-refractivity contribution >= 4 is 87.2 Å². The number of aromatic hydroxyl groups is 1. The van der Waals surface area contributed by atoms with Crippen LogP contribution >= 0.6 is 34.9 Å². The molecule has 57 heavy (non-hydrogen) atoms. The van der Waals surface area contributed by atoms with Gasteiger partial charge >= 0.3 is 6.16 Å². The number of nitrogens with one attached hydrogen (secondary N) is 4. The number of nitrogen functional groups attached to an aromatic ring is 1. The lowest BCUT2D eigenvalue weighted by atomic mass is 10.1. The number of β-lactam (4-membered cyclic amide) rings is 1. The number of oxime groups is 1. The Bertz CT molecular complexity index is 2480. The number of hydrogen-bond donors (Lipinski definition) is 8. The van der Waals surface area contributed by atoms with E-state index in [2.05, 4.69) is 46.4 Å². The molecule has 6 rings (SSSR count). The maximum absolute atomic E-state index is 13.7. The number of aromatic amines is 1. The van der Waals surface area contributed by atoms with E-state index in [1.807, 2.05) is 0 Å². The highest BCUT2D eigenvalue weighted by Gasteiger charge is 2.54. The number of nitrogens with two attached hydrogens (primary N) is 2. The van der Waals surface area contributed by atoms with Crippen molar-refractivity contribution in [1.82, 2.24) is 50.6 Å². The number of thiazole rings is 1. The number of ether oxygens (including phenoxy) is 1. The molecule has 0 aliphatic carbocycles. The lowest BCUT2D eigenvalue weighted by Crippen LogP contribution is -2.70. The van der Waals surface area contributed by atoms with E-state index in [0.29, 0.717) is 16.3 Å². The van der Waals surface area contributed by atoms with Crippen LogP contribution in [0.15, 0.2) is 50.1 Å². The molecule has 0 aromatic carbocycles. The molecule has 0 saturated carbocycles. The predicted molar refractivity (Wildman–Crippen MR) is 198 cm³/mol. The highest BCUT2D eigenvalue weighted by atomic mass is 32.2. The Morgan fingerprint density at radius 1 is 1.16 bits per heavy atom. The molecule has 2 atom stereocenters. The number of amides is 5. The third-order valence-electron chi connectivity index (χ3n) is 7.80. The van der Waals surface area contributed by atoms with Gasteiger partial charge in [0.25, 0.3) is 35.3 Å². The Kier molecular flexibility index (Phi) is 11.1. The van der Waals surface area contributed by atoms with Crippen LogP contribution in [-0.4, -0.2) is 115 Å². The summed E-state index contributed by atoms with van der Waals surface area (Å²) in [4.78, 5) is 109. The quantitative estimate of drug-likeness (QED) is 0.0212. The van der Waals surface area contributed by atoms with Gasteiger partial charge in [0.05, 0.1) is 0 Å². The zero-order valence-electron chi connectivity index (χ0n) is 29.5. The van der Waals surface area contributed by atoms with Crippen molar-refractivity contribution in [1.29, 1.82) is 0 Å². The number of carbonyl (C=O) groups excluding carboxylic acids is 5. The van der Waals surface area contributed by atoms with Gasteiger partial charge in [0.2, 0.25) is 22.7 Å². The summed E-state index contributed by atoms with van der Waals surface area (Å²) in [5.74, 6) is -5.14. The number of anilines is 1. The van der Waals surface area contributed by atoms with Gasteiger partial charge in [-0.05, 0) is 26.8 Å². The second-order valence-corrected chi connectivity index (χ2v) is 15.3. The van der Waals surface area contributed by atoms with E-state index in [0.717, 1.165) is 28.5 Å². The van der Waals surface area contributed by atoms with Gasteiger partial charge in [-0.15, -0.1) is 40.0 Å². The molecule has 0 radical (unpaired) electrons. The van der Waals surface area contributed by atoms with Crippen LogP contribution in [-0.2, 0) is 24.0 Å². The van der Waals surface area contributed by atoms with Crippen LogP contribution in [0.4, 0.5) is 9.93 Å². The summed E-state index contributed by atoms with van der Waals surface area (Å²) in [5, 5.41) is 30.5. The van der Waals surface area contributed by atoms with Crippen molar-refractivity contribution in [3.05, 3.63) is 68.3 Å². The molecule has 5 amide bonds. The minimum Gasteiger partial charge on any atom is -0.503 e. The van der Waals surface area contributed by atoms with Crippen LogP contribution in [0.3, 0.4) is 0 Å². The number of nitrogens with zero attached hydrogens (tertiary/aromatic N) is 7. The molecule has 0 unspecified atom stereocenters. The fourth-order valence-electron chi connectivity index (χ4n) is 4.97. The summed E-state index contributed by atoms with van der Waals surface area (Å²) in [6.45, 7) is 4.21. The van der Waals surface area contributed by atoms with E-state index in [9.17, 15) is 43.8 Å². The Morgan fingerprint density at radius 2 is 1.91 bits per heavy atom. The molecule has 1 saturated heterocycles. The van der Waals surface area contributed by atoms with Gasteiger partial charge in [-0.2, -0.15) is 9.50 Å². The number of rotatable bonds is 12. The summed E-state index contributed by atoms with van der Waals surface area (Å²) in [6.07, 6.45) is -0.790. The summed E-state index contributed by atoms with van der Waals surface area (Å²) in [5.41, 5.74) is 12.7. The second kappa shape index (κ2) is 15.8. The first-order valence-corrected chi connectivity index (χ1v) is 18.9. The Labute approximate surface area is 330 Å². The van der Waals surface area contributed by atoms with Crippen molar-refractivity contribution < 1.29 is 48.6 Å². The van der Waals surface area contributed by atoms with Crippen LogP contribution in [0, 0.1) is 6.92 Å². The summed E-state index contributed by atoms with van der Waals surface area (Å²) < 4.78 is 6.39. The normalized spacial score (nSPS) is 16.7. The number of pyridine rings is 1. The average Bonchev–Trinajstić information content (AvgIpc) is 3.79. The first-order chi connectivity index (χ1) is 26.9. The van der Waals surface area contributed by atoms with Gasteiger partial charge in [-0.1, -0.05) is 5.16 Å². The number of H-pyrrole nitrogens is 1. The lowest BCUT2D eigenvalue weighted by molar-refractivity contribution is -0.148. The SMILES string of the molecule is Cc1cc(SCC2=C(OC(=O)O)N3C(=O)[C@@H](NC(=O)/C(=N\OC(C)(C)C(=O)NNC(=O)c4cc(=O)c(O)c[nH]4)c4csc(N)n4)[C@H]3SC2)n2nc(C(N)=O)nc2n1. The van der Waals surface area contributed by atoms with Crippen molar-refractivity contribution in [2.24, 2.45) is 10.9 Å². The van der Waals surface area contributed by atoms with Crippen molar-refractivity contribution in [3.63, 3.8) is 0 Å². The lowest BCUT2D eigenvalue weighted by Gasteiger charge is -2.49. The Morgan fingerprint density at radius 3 is 2.58 bits per heavy atom. The van der Waals surface area contributed by atoms with Crippen LogP contribution in [0.5, 0.6) is 5.75 Å². The van der Waals surface area contributed by atoms with Gasteiger partial charge in [0, 0.05) is 40.4 Å². The highest BCUT2D eigenvalue weighted by molar-refractivity contribution is 8.01. The van der Waals surface area contributed by atoms with Crippen molar-refractivity contribution in [2.45, 2.75) is 42.8 Å². The fraction of sp³-hybridized carbons (Fsp3) is 0.267. The minimum atomic E-state index is -1.86. The molecule has 0 spiro atoms. The number of hydrazine groups is 1. The third-order valence-corrected chi connectivity index (χ3v) is 10.9. The third kappa shape index (κ3) is 8.43. The van der Waals surface area contributed by atoms with E-state index in [4.69, 9.17) is 21.0 Å². The number of primary amides is 1. The van der Waals surface area contributed by atoms with Gasteiger partial charge in [-0.3, -0.25) is 44.5 Å². The molecule has 1 fully saturated rings. The predicted octanol–water partition coefficient (Wildman–Crippen LogP) is -0.977. The van der Waals surface area contributed by atoms with E-state index in [1.165, 1.54) is 47.3 Å². The van der Waals surface area contributed by atoms with Crippen molar-refractivity contribution in [2.75, 3.05) is 17.2 Å². The molecule has 10 N–H and O–H groups in total. The van der Waals surface area contributed by atoms with Crippen LogP contribution < -0.4 is 33.1 Å². The number of aromatic nitrogens is 6. The van der Waals surface area contributed by atoms with E-state index < -0.39 is 69.6 Å². The second-order valence-electron chi connectivity index (χ2n) is 12.3. The number of fused-ring (bicyclic) bond motifs is 2. The Hall–Kier alpha value is -6.74. The van der Waals surface area contributed by atoms with Gasteiger partial charge < -0.3 is 41.6 Å². The zero-order valence-corrected chi connectivity index (χ0v) is 31.9. The number of carboxylic acid groups (broad SMARTS) is 1. The first kappa shape index (κ1) is 39.9. The average molecular weight is 844 g/mol. The molecule has 298 valence electrons. The fourth-order valence-corrected chi connectivity index (χ4v) is 8.02. The number of carbonyl (C=O) groups is 6. The Balaban J connectivity index is 1.16. The van der Waals surface area contributed by atoms with Crippen molar-refractivity contribution in [3.8, 4) is 5.75 Å². The van der Waals surface area contributed by atoms with Gasteiger partial charge in [0.1, 0.15) is 27.8 Å². The van der Waals surface area contributed by atoms with E-state index in [1.54, 1.807) is 13.0 Å². The summed E-state index contributed by atoms with van der Waals surface area (Å²) in [6, 6.07) is 1.28. The smallest absolute Gasteiger partial charge is 0.503 e. The van der Waals surface area contributed by atoms with Gasteiger partial charge in [-0.25, -0.2) is 14.8 Å². The van der Waals surface area contributed by atoms with E-state index >= 15 is 0 Å². The molecular weight excluding hydrogens is 815 g/mol. The molecule has 4 aromatic heterocycles. The molecule has 6 heterocycles. The monoisotopic (exact) mass is 843 g/mol. The molecule has 27 heteroatoms. The van der Waals surface area contributed by atoms with Crippen LogP contribution in [0.1, 0.15) is 46.3 Å². The summed E-state index contributed by atoms with van der Waals surface area (Å²) in [7, 11) is 0. The zero-order chi connectivity index (χ0) is 41.3. The molecule has 0 bridgehead atoms. The topological polar surface area (TPSA) is 354 Å². The van der Waals surface area contributed by atoms with Crippen LogP contribution in [0.25, 0.3) is 5.78 Å². The minimum absolute atomic E-state index is 0.0528.